The van der Waals surface area contributed by atoms with Gasteiger partial charge >= 0.3 is 0 Å². The van der Waals surface area contributed by atoms with E-state index in [9.17, 15) is 0 Å². The maximum atomic E-state index is 5.32. The summed E-state index contributed by atoms with van der Waals surface area (Å²) in [6, 6.07) is 0. The monoisotopic (exact) mass is 258 g/mol. The van der Waals surface area contributed by atoms with Crippen molar-refractivity contribution < 1.29 is 4.74 Å². The predicted molar refractivity (Wildman–Crippen MR) is 47.6 cm³/mol. The molecule has 0 aliphatic carbocycles. The minimum Gasteiger partial charge on any atom is -0.378 e. The minimum atomic E-state index is 0.300. The van der Waals surface area contributed by atoms with Crippen molar-refractivity contribution >= 4 is 31.9 Å². The normalized spacial score (nSPS) is 17.3. The number of alkyl halides is 2. The molecule has 0 heterocycles. The molecule has 1 nitrogen and oxygen atoms in total. The van der Waals surface area contributed by atoms with E-state index in [-0.39, 0.29) is 0 Å². The summed E-state index contributed by atoms with van der Waals surface area (Å²) in [5.74, 6) is 0. The molecule has 2 atom stereocenters. The van der Waals surface area contributed by atoms with Gasteiger partial charge < -0.3 is 4.74 Å². The average molecular weight is 260 g/mol. The number of ether oxygens (including phenoxy) is 1. The van der Waals surface area contributed by atoms with Gasteiger partial charge in [-0.05, 0) is 13.8 Å². The molecule has 56 valence electrons. The zero-order chi connectivity index (χ0) is 7.28. The Morgan fingerprint density at radius 3 is 2.44 bits per heavy atom. The molecule has 0 spiro atoms. The van der Waals surface area contributed by atoms with Gasteiger partial charge in [0.05, 0.1) is 10.9 Å². The minimum absolute atomic E-state index is 0.300. The van der Waals surface area contributed by atoms with Crippen LogP contribution in [-0.2, 0) is 4.74 Å². The molecule has 0 aliphatic rings. The molecule has 0 aliphatic heterocycles. The van der Waals surface area contributed by atoms with Crippen LogP contribution in [0.3, 0.4) is 0 Å². The van der Waals surface area contributed by atoms with Crippen molar-refractivity contribution in [3.8, 4) is 0 Å². The molecule has 9 heavy (non-hydrogen) atoms. The van der Waals surface area contributed by atoms with Crippen molar-refractivity contribution in [2.75, 3.05) is 11.9 Å². The van der Waals surface area contributed by atoms with Crippen LogP contribution in [0.4, 0.5) is 0 Å². The highest BCUT2D eigenvalue weighted by Crippen LogP contribution is 2.11. The SMILES string of the molecule is CCOC(C)C(Br)CBr. The first-order valence-electron chi connectivity index (χ1n) is 3.04. The highest BCUT2D eigenvalue weighted by atomic mass is 79.9. The molecule has 0 amide bonds. The van der Waals surface area contributed by atoms with Crippen LogP contribution in [0.1, 0.15) is 13.8 Å². The van der Waals surface area contributed by atoms with Crippen LogP contribution >= 0.6 is 31.9 Å². The Morgan fingerprint density at radius 2 is 2.11 bits per heavy atom. The van der Waals surface area contributed by atoms with Crippen molar-refractivity contribution in [1.82, 2.24) is 0 Å². The average Bonchev–Trinajstić information content (AvgIpc) is 1.87. The summed E-state index contributed by atoms with van der Waals surface area (Å²) in [5.41, 5.74) is 0. The summed E-state index contributed by atoms with van der Waals surface area (Å²) in [4.78, 5) is 0.428. The molecule has 0 aromatic carbocycles. The van der Waals surface area contributed by atoms with Gasteiger partial charge in [0.15, 0.2) is 0 Å². The van der Waals surface area contributed by atoms with Gasteiger partial charge in [-0.25, -0.2) is 0 Å². The Morgan fingerprint density at radius 1 is 1.56 bits per heavy atom. The molecule has 0 saturated carbocycles. The first kappa shape index (κ1) is 9.92. The topological polar surface area (TPSA) is 9.23 Å². The Labute approximate surface area is 73.4 Å². The molecular weight excluding hydrogens is 248 g/mol. The third-order valence-electron chi connectivity index (χ3n) is 1.09. The molecule has 0 fully saturated rings. The highest BCUT2D eigenvalue weighted by molar-refractivity contribution is 9.12. The third kappa shape index (κ3) is 4.34. The van der Waals surface area contributed by atoms with Gasteiger partial charge in [0.25, 0.3) is 0 Å². The Kier molecular flexibility index (Phi) is 6.27. The Hall–Kier alpha value is 0.920. The Balaban J connectivity index is 3.32. The number of rotatable bonds is 4. The van der Waals surface area contributed by atoms with E-state index >= 15 is 0 Å². The van der Waals surface area contributed by atoms with Crippen molar-refractivity contribution in [3.63, 3.8) is 0 Å². The maximum Gasteiger partial charge on any atom is 0.0679 e. The van der Waals surface area contributed by atoms with Gasteiger partial charge in [0.2, 0.25) is 0 Å². The van der Waals surface area contributed by atoms with Crippen LogP contribution in [0.15, 0.2) is 0 Å². The van der Waals surface area contributed by atoms with E-state index in [0.29, 0.717) is 10.9 Å². The van der Waals surface area contributed by atoms with Gasteiger partial charge in [0, 0.05) is 11.9 Å². The van der Waals surface area contributed by atoms with Crippen LogP contribution in [0.2, 0.25) is 0 Å². The van der Waals surface area contributed by atoms with E-state index < -0.39 is 0 Å². The summed E-state index contributed by atoms with van der Waals surface area (Å²) in [6.45, 7) is 4.85. The number of hydrogen-bond acceptors (Lipinski definition) is 1. The zero-order valence-corrected chi connectivity index (χ0v) is 8.91. The Bertz CT molecular complexity index is 68.1. The second kappa shape index (κ2) is 5.69. The van der Waals surface area contributed by atoms with E-state index in [1.807, 2.05) is 6.92 Å². The molecule has 0 rings (SSSR count). The second-order valence-corrected chi connectivity index (χ2v) is 3.65. The number of halogens is 2. The van der Waals surface area contributed by atoms with Crippen molar-refractivity contribution in [1.29, 1.82) is 0 Å². The van der Waals surface area contributed by atoms with Gasteiger partial charge in [-0.2, -0.15) is 0 Å². The molecule has 3 heteroatoms. The van der Waals surface area contributed by atoms with Crippen LogP contribution in [0, 0.1) is 0 Å². The molecule has 0 aromatic heterocycles. The lowest BCUT2D eigenvalue weighted by atomic mass is 10.3. The zero-order valence-electron chi connectivity index (χ0n) is 5.73. The van der Waals surface area contributed by atoms with Crippen LogP contribution in [-0.4, -0.2) is 22.9 Å². The maximum absolute atomic E-state index is 5.32. The van der Waals surface area contributed by atoms with E-state index in [4.69, 9.17) is 4.74 Å². The van der Waals surface area contributed by atoms with Crippen LogP contribution in [0.5, 0.6) is 0 Å². The summed E-state index contributed by atoms with van der Waals surface area (Å²) < 4.78 is 5.32. The standard InChI is InChI=1S/C6H12Br2O/c1-3-9-5(2)6(8)4-7/h5-6H,3-4H2,1-2H3. The van der Waals surface area contributed by atoms with Crippen molar-refractivity contribution in [3.05, 3.63) is 0 Å². The fourth-order valence-electron chi connectivity index (χ4n) is 0.493. The molecule has 0 radical (unpaired) electrons. The van der Waals surface area contributed by atoms with E-state index in [0.717, 1.165) is 11.9 Å². The summed E-state index contributed by atoms with van der Waals surface area (Å²) in [7, 11) is 0. The first-order chi connectivity index (χ1) is 4.22. The first-order valence-corrected chi connectivity index (χ1v) is 5.07. The fourth-order valence-corrected chi connectivity index (χ4v) is 1.17. The van der Waals surface area contributed by atoms with Crippen LogP contribution in [0.25, 0.3) is 0 Å². The molecule has 0 N–H and O–H groups in total. The lowest BCUT2D eigenvalue weighted by Gasteiger charge is -2.15. The molecular formula is C6H12Br2O. The molecule has 0 aromatic rings. The lowest BCUT2D eigenvalue weighted by Crippen LogP contribution is -2.21. The summed E-state index contributed by atoms with van der Waals surface area (Å²) in [6.07, 6.45) is 0.300. The number of hydrogen-bond donors (Lipinski definition) is 0. The van der Waals surface area contributed by atoms with E-state index in [2.05, 4.69) is 38.8 Å². The fraction of sp³-hybridized carbons (Fsp3) is 1.00. The molecule has 0 saturated heterocycles. The van der Waals surface area contributed by atoms with Crippen molar-refractivity contribution in [2.24, 2.45) is 0 Å². The molecule has 0 bridgehead atoms. The largest absolute Gasteiger partial charge is 0.378 e. The lowest BCUT2D eigenvalue weighted by molar-refractivity contribution is 0.0799. The molecule has 2 unspecified atom stereocenters. The van der Waals surface area contributed by atoms with Gasteiger partial charge in [-0.3, -0.25) is 0 Å². The summed E-state index contributed by atoms with van der Waals surface area (Å²) in [5, 5.41) is 0.939. The van der Waals surface area contributed by atoms with E-state index in [1.165, 1.54) is 0 Å². The van der Waals surface area contributed by atoms with Crippen LogP contribution < -0.4 is 0 Å². The quantitative estimate of drug-likeness (QED) is 0.706. The predicted octanol–water partition coefficient (Wildman–Crippen LogP) is 2.57. The third-order valence-corrected chi connectivity index (χ3v) is 3.72. The second-order valence-electron chi connectivity index (χ2n) is 1.83. The van der Waals surface area contributed by atoms with Crippen molar-refractivity contribution in [2.45, 2.75) is 24.8 Å². The van der Waals surface area contributed by atoms with E-state index in [1.54, 1.807) is 0 Å². The summed E-state index contributed by atoms with van der Waals surface area (Å²) >= 11 is 6.83. The van der Waals surface area contributed by atoms with Gasteiger partial charge in [-0.15, -0.1) is 0 Å². The van der Waals surface area contributed by atoms with Gasteiger partial charge in [0.1, 0.15) is 0 Å². The smallest absolute Gasteiger partial charge is 0.0679 e. The van der Waals surface area contributed by atoms with Gasteiger partial charge in [-0.1, -0.05) is 31.9 Å². The highest BCUT2D eigenvalue weighted by Gasteiger charge is 2.10.